The van der Waals surface area contributed by atoms with Crippen LogP contribution in [0.15, 0.2) is 60.7 Å². The van der Waals surface area contributed by atoms with E-state index in [2.05, 4.69) is 51.8 Å². The van der Waals surface area contributed by atoms with Gasteiger partial charge in [-0.3, -0.25) is 0 Å². The standard InChI is InChI=1S/C24H20Cl2N4O/c1-24(18-5-3-2-4-6-18)12-17-11-20(22(26)21(25)19(17)13-24)31-14-15-7-9-16(10-8-15)23-27-29-30-28-23/h2-11H,12-14H2,1H3,(H,27,28,29,30). The van der Waals surface area contributed by atoms with Crippen molar-refractivity contribution in [3.05, 3.63) is 93.0 Å². The lowest BCUT2D eigenvalue weighted by Crippen LogP contribution is -2.22. The highest BCUT2D eigenvalue weighted by molar-refractivity contribution is 6.43. The first kappa shape index (κ1) is 20.0. The Labute approximate surface area is 190 Å². The summed E-state index contributed by atoms with van der Waals surface area (Å²) in [4.78, 5) is 0. The second-order valence-electron chi connectivity index (χ2n) is 8.14. The van der Waals surface area contributed by atoms with E-state index < -0.39 is 0 Å². The van der Waals surface area contributed by atoms with Crippen LogP contribution in [0.1, 0.15) is 29.2 Å². The molecule has 0 saturated carbocycles. The summed E-state index contributed by atoms with van der Waals surface area (Å²) < 4.78 is 6.07. The van der Waals surface area contributed by atoms with Gasteiger partial charge in [-0.2, -0.15) is 5.21 Å². The van der Waals surface area contributed by atoms with Crippen LogP contribution in [0.2, 0.25) is 10.0 Å². The van der Waals surface area contributed by atoms with Gasteiger partial charge in [-0.15, -0.1) is 10.2 Å². The number of rotatable bonds is 5. The Hall–Kier alpha value is -2.89. The monoisotopic (exact) mass is 450 g/mol. The molecule has 0 spiro atoms. The Balaban J connectivity index is 1.35. The summed E-state index contributed by atoms with van der Waals surface area (Å²) in [6, 6.07) is 20.4. The maximum absolute atomic E-state index is 6.68. The largest absolute Gasteiger partial charge is 0.487 e. The number of hydrogen-bond donors (Lipinski definition) is 1. The average Bonchev–Trinajstić information content (AvgIpc) is 3.45. The predicted molar refractivity (Wildman–Crippen MR) is 122 cm³/mol. The summed E-state index contributed by atoms with van der Waals surface area (Å²) >= 11 is 13.3. The number of tetrazole rings is 1. The first-order valence-corrected chi connectivity index (χ1v) is 10.8. The van der Waals surface area contributed by atoms with Gasteiger partial charge in [-0.25, -0.2) is 0 Å². The predicted octanol–water partition coefficient (Wildman–Crippen LogP) is 5.81. The molecule has 3 aromatic carbocycles. The van der Waals surface area contributed by atoms with Crippen LogP contribution in [0, 0.1) is 0 Å². The van der Waals surface area contributed by atoms with Crippen molar-refractivity contribution in [1.82, 2.24) is 20.6 Å². The molecule has 5 rings (SSSR count). The lowest BCUT2D eigenvalue weighted by atomic mass is 9.80. The summed E-state index contributed by atoms with van der Waals surface area (Å²) in [5.74, 6) is 1.17. The van der Waals surface area contributed by atoms with Gasteiger partial charge in [0.05, 0.1) is 5.02 Å². The lowest BCUT2D eigenvalue weighted by molar-refractivity contribution is 0.306. The van der Waals surface area contributed by atoms with Gasteiger partial charge in [0.1, 0.15) is 17.4 Å². The average molecular weight is 451 g/mol. The third-order valence-electron chi connectivity index (χ3n) is 5.94. The molecule has 1 aliphatic rings. The van der Waals surface area contributed by atoms with Gasteiger partial charge < -0.3 is 4.74 Å². The van der Waals surface area contributed by atoms with Crippen molar-refractivity contribution in [2.45, 2.75) is 31.8 Å². The maximum atomic E-state index is 6.68. The van der Waals surface area contributed by atoms with Crippen LogP contribution in [-0.4, -0.2) is 20.6 Å². The quantitative estimate of drug-likeness (QED) is 0.416. The molecule has 0 aliphatic heterocycles. The number of ether oxygens (including phenoxy) is 1. The molecule has 0 amide bonds. The molecule has 1 unspecified atom stereocenters. The highest BCUT2D eigenvalue weighted by Gasteiger charge is 2.37. The van der Waals surface area contributed by atoms with Crippen molar-refractivity contribution in [1.29, 1.82) is 0 Å². The van der Waals surface area contributed by atoms with E-state index in [-0.39, 0.29) is 5.41 Å². The number of H-pyrrole nitrogens is 1. The second-order valence-corrected chi connectivity index (χ2v) is 8.90. The zero-order valence-corrected chi connectivity index (χ0v) is 18.4. The second kappa shape index (κ2) is 7.98. The van der Waals surface area contributed by atoms with Crippen molar-refractivity contribution in [3.8, 4) is 17.1 Å². The molecule has 0 fully saturated rings. The van der Waals surface area contributed by atoms with Gasteiger partial charge in [0.2, 0.25) is 5.82 Å². The van der Waals surface area contributed by atoms with Crippen molar-refractivity contribution in [2.75, 3.05) is 0 Å². The van der Waals surface area contributed by atoms with Crippen LogP contribution >= 0.6 is 23.2 Å². The molecule has 1 atom stereocenters. The van der Waals surface area contributed by atoms with E-state index >= 15 is 0 Å². The van der Waals surface area contributed by atoms with E-state index in [0.29, 0.717) is 28.2 Å². The fourth-order valence-corrected chi connectivity index (χ4v) is 4.76. The highest BCUT2D eigenvalue weighted by atomic mass is 35.5. The highest BCUT2D eigenvalue weighted by Crippen LogP contribution is 2.47. The molecule has 0 radical (unpaired) electrons. The normalized spacial score (nSPS) is 17.5. The zero-order chi connectivity index (χ0) is 21.4. The Morgan fingerprint density at radius 1 is 1.00 bits per heavy atom. The molecule has 31 heavy (non-hydrogen) atoms. The first-order chi connectivity index (χ1) is 15.0. The Morgan fingerprint density at radius 2 is 1.77 bits per heavy atom. The van der Waals surface area contributed by atoms with Crippen LogP contribution in [0.5, 0.6) is 5.75 Å². The van der Waals surface area contributed by atoms with E-state index in [0.717, 1.165) is 29.5 Å². The minimum Gasteiger partial charge on any atom is -0.487 e. The van der Waals surface area contributed by atoms with E-state index in [9.17, 15) is 0 Å². The molecule has 1 aliphatic carbocycles. The van der Waals surface area contributed by atoms with Crippen molar-refractivity contribution in [2.24, 2.45) is 0 Å². The van der Waals surface area contributed by atoms with Crippen molar-refractivity contribution in [3.63, 3.8) is 0 Å². The third-order valence-corrected chi connectivity index (χ3v) is 6.83. The summed E-state index contributed by atoms with van der Waals surface area (Å²) in [5, 5.41) is 15.1. The lowest BCUT2D eigenvalue weighted by Gasteiger charge is -2.24. The van der Waals surface area contributed by atoms with E-state index in [1.54, 1.807) is 0 Å². The van der Waals surface area contributed by atoms with Crippen LogP contribution in [0.3, 0.4) is 0 Å². The number of aromatic amines is 1. The number of nitrogens with zero attached hydrogens (tertiary/aromatic N) is 3. The maximum Gasteiger partial charge on any atom is 0.204 e. The number of halogens is 2. The topological polar surface area (TPSA) is 63.7 Å². The molecule has 0 bridgehead atoms. The molecule has 4 aromatic rings. The number of fused-ring (bicyclic) bond motifs is 1. The molecule has 1 heterocycles. The van der Waals surface area contributed by atoms with Gasteiger partial charge in [-0.1, -0.05) is 84.7 Å². The van der Waals surface area contributed by atoms with Crippen LogP contribution < -0.4 is 4.74 Å². The molecule has 1 aromatic heterocycles. The van der Waals surface area contributed by atoms with E-state index in [4.69, 9.17) is 27.9 Å². The summed E-state index contributed by atoms with van der Waals surface area (Å²) in [5.41, 5.74) is 5.52. The van der Waals surface area contributed by atoms with E-state index in [1.165, 1.54) is 11.1 Å². The van der Waals surface area contributed by atoms with Gasteiger partial charge in [-0.05, 0) is 46.4 Å². The first-order valence-electron chi connectivity index (χ1n) is 10.0. The van der Waals surface area contributed by atoms with Crippen LogP contribution in [0.4, 0.5) is 0 Å². The molecule has 1 N–H and O–H groups in total. The number of aromatic nitrogens is 4. The fourth-order valence-electron chi connectivity index (χ4n) is 4.26. The number of nitrogens with one attached hydrogen (secondary N) is 1. The van der Waals surface area contributed by atoms with Gasteiger partial charge in [0.15, 0.2) is 0 Å². The van der Waals surface area contributed by atoms with Gasteiger partial charge in [0.25, 0.3) is 0 Å². The Morgan fingerprint density at radius 3 is 2.48 bits per heavy atom. The summed E-state index contributed by atoms with van der Waals surface area (Å²) in [7, 11) is 0. The smallest absolute Gasteiger partial charge is 0.204 e. The van der Waals surface area contributed by atoms with Crippen molar-refractivity contribution >= 4 is 23.2 Å². The molecular weight excluding hydrogens is 431 g/mol. The number of benzene rings is 3. The van der Waals surface area contributed by atoms with Crippen LogP contribution in [-0.2, 0) is 24.9 Å². The SMILES string of the molecule is CC1(c2ccccc2)Cc2cc(OCc3ccc(-c4nn[nH]n4)cc3)c(Cl)c(Cl)c2C1. The summed E-state index contributed by atoms with van der Waals surface area (Å²) in [6.07, 6.45) is 1.77. The van der Waals surface area contributed by atoms with Gasteiger partial charge >= 0.3 is 0 Å². The third kappa shape index (κ3) is 3.80. The van der Waals surface area contributed by atoms with Gasteiger partial charge in [0, 0.05) is 11.0 Å². The Bertz CT molecular complexity index is 1210. The molecule has 5 nitrogen and oxygen atoms in total. The minimum atomic E-state index is 0.000170. The Kier molecular flexibility index (Phi) is 5.16. The zero-order valence-electron chi connectivity index (χ0n) is 16.9. The molecule has 0 saturated heterocycles. The molecular formula is C24H20Cl2N4O. The van der Waals surface area contributed by atoms with E-state index in [1.807, 2.05) is 36.4 Å². The number of hydrogen-bond acceptors (Lipinski definition) is 4. The molecule has 7 heteroatoms. The molecule has 156 valence electrons. The van der Waals surface area contributed by atoms with Crippen molar-refractivity contribution < 1.29 is 4.74 Å². The minimum absolute atomic E-state index is 0.000170. The fraction of sp³-hybridized carbons (Fsp3) is 0.208. The summed E-state index contributed by atoms with van der Waals surface area (Å²) in [6.45, 7) is 2.66. The van der Waals surface area contributed by atoms with Crippen LogP contribution in [0.25, 0.3) is 11.4 Å².